The first kappa shape index (κ1) is 13.9. The van der Waals surface area contributed by atoms with Gasteiger partial charge in [-0.1, -0.05) is 6.92 Å². The summed E-state index contributed by atoms with van der Waals surface area (Å²) in [5, 5.41) is 3.48. The number of benzene rings is 1. The summed E-state index contributed by atoms with van der Waals surface area (Å²) in [6, 6.07) is 7.24. The van der Waals surface area contributed by atoms with Crippen LogP contribution in [-0.4, -0.2) is 20.7 Å². The third kappa shape index (κ3) is 2.85. The van der Waals surface area contributed by atoms with Gasteiger partial charge in [0.2, 0.25) is 0 Å². The molecular formula is C16H23NO2S. The summed E-state index contributed by atoms with van der Waals surface area (Å²) < 4.78 is 23.9. The topological polar surface area (TPSA) is 46.2 Å². The maximum Gasteiger partial charge on any atom is 0.178 e. The molecule has 2 saturated carbocycles. The molecule has 0 bridgehead atoms. The molecule has 1 N–H and O–H groups in total. The molecule has 2 aliphatic carbocycles. The van der Waals surface area contributed by atoms with Gasteiger partial charge in [-0.2, -0.15) is 0 Å². The molecule has 110 valence electrons. The smallest absolute Gasteiger partial charge is 0.178 e. The van der Waals surface area contributed by atoms with Crippen LogP contribution in [0, 0.1) is 11.3 Å². The second-order valence-corrected chi connectivity index (χ2v) is 8.44. The lowest BCUT2D eigenvalue weighted by Crippen LogP contribution is -2.17. The van der Waals surface area contributed by atoms with Crippen molar-refractivity contribution in [3.63, 3.8) is 0 Å². The highest BCUT2D eigenvalue weighted by molar-refractivity contribution is 7.91. The predicted molar refractivity (Wildman–Crippen MR) is 81.7 cm³/mol. The van der Waals surface area contributed by atoms with E-state index in [1.165, 1.54) is 25.7 Å². The van der Waals surface area contributed by atoms with E-state index in [9.17, 15) is 8.42 Å². The SMILES string of the molecule is CCCS(=O)(=O)c1ccc(NCC2(C3CC3)CC2)cc1. The molecule has 3 rings (SSSR count). The summed E-state index contributed by atoms with van der Waals surface area (Å²) >= 11 is 0. The Morgan fingerprint density at radius 2 is 1.85 bits per heavy atom. The van der Waals surface area contributed by atoms with E-state index in [1.807, 2.05) is 19.1 Å². The number of sulfone groups is 1. The van der Waals surface area contributed by atoms with Crippen molar-refractivity contribution >= 4 is 15.5 Å². The van der Waals surface area contributed by atoms with Gasteiger partial charge in [-0.05, 0) is 67.7 Å². The van der Waals surface area contributed by atoms with Crippen LogP contribution < -0.4 is 5.32 Å². The van der Waals surface area contributed by atoms with Crippen molar-refractivity contribution in [3.05, 3.63) is 24.3 Å². The van der Waals surface area contributed by atoms with Crippen molar-refractivity contribution in [2.75, 3.05) is 17.6 Å². The average Bonchev–Trinajstić information content (AvgIpc) is 3.28. The normalized spacial score (nSPS) is 20.6. The summed E-state index contributed by atoms with van der Waals surface area (Å²) in [4.78, 5) is 0.438. The van der Waals surface area contributed by atoms with Crippen LogP contribution in [0.25, 0.3) is 0 Å². The van der Waals surface area contributed by atoms with E-state index in [2.05, 4.69) is 5.32 Å². The molecule has 0 radical (unpaired) electrons. The van der Waals surface area contributed by atoms with E-state index in [1.54, 1.807) is 12.1 Å². The minimum atomic E-state index is -3.09. The van der Waals surface area contributed by atoms with Crippen molar-refractivity contribution in [1.29, 1.82) is 0 Å². The van der Waals surface area contributed by atoms with E-state index < -0.39 is 9.84 Å². The average molecular weight is 293 g/mol. The molecule has 0 spiro atoms. The summed E-state index contributed by atoms with van der Waals surface area (Å²) in [5.41, 5.74) is 1.60. The highest BCUT2D eigenvalue weighted by atomic mass is 32.2. The molecule has 0 saturated heterocycles. The predicted octanol–water partition coefficient (Wildman–Crippen LogP) is 3.47. The minimum absolute atomic E-state index is 0.227. The van der Waals surface area contributed by atoms with Gasteiger partial charge in [-0.25, -0.2) is 8.42 Å². The fourth-order valence-corrected chi connectivity index (χ4v) is 4.35. The van der Waals surface area contributed by atoms with Gasteiger partial charge in [0, 0.05) is 12.2 Å². The van der Waals surface area contributed by atoms with Crippen LogP contribution in [0.2, 0.25) is 0 Å². The van der Waals surface area contributed by atoms with Crippen LogP contribution in [0.4, 0.5) is 5.69 Å². The van der Waals surface area contributed by atoms with Gasteiger partial charge in [0.1, 0.15) is 0 Å². The van der Waals surface area contributed by atoms with E-state index in [0.717, 1.165) is 18.2 Å². The number of rotatable bonds is 7. The molecule has 4 heteroatoms. The Kier molecular flexibility index (Phi) is 3.53. The highest BCUT2D eigenvalue weighted by Crippen LogP contribution is 2.61. The van der Waals surface area contributed by atoms with E-state index in [4.69, 9.17) is 0 Å². The van der Waals surface area contributed by atoms with Gasteiger partial charge in [0.25, 0.3) is 0 Å². The van der Waals surface area contributed by atoms with Crippen LogP contribution in [0.3, 0.4) is 0 Å². The molecule has 0 atom stereocenters. The summed E-state index contributed by atoms with van der Waals surface area (Å²) in [6.07, 6.45) is 6.17. The molecule has 2 fully saturated rings. The molecular weight excluding hydrogens is 270 g/mol. The van der Waals surface area contributed by atoms with Gasteiger partial charge in [0.15, 0.2) is 9.84 Å². The number of anilines is 1. The Labute approximate surface area is 121 Å². The number of hydrogen-bond acceptors (Lipinski definition) is 3. The van der Waals surface area contributed by atoms with Crippen molar-refractivity contribution in [1.82, 2.24) is 0 Å². The summed E-state index contributed by atoms with van der Waals surface area (Å²) in [5.74, 6) is 1.17. The zero-order valence-electron chi connectivity index (χ0n) is 12.1. The van der Waals surface area contributed by atoms with Crippen molar-refractivity contribution < 1.29 is 8.42 Å². The fraction of sp³-hybridized carbons (Fsp3) is 0.625. The Morgan fingerprint density at radius 1 is 1.20 bits per heavy atom. The van der Waals surface area contributed by atoms with Crippen LogP contribution >= 0.6 is 0 Å². The number of nitrogens with one attached hydrogen (secondary N) is 1. The summed E-state index contributed by atoms with van der Waals surface area (Å²) in [6.45, 7) is 2.93. The zero-order chi connectivity index (χ0) is 14.2. The van der Waals surface area contributed by atoms with E-state index >= 15 is 0 Å². The second kappa shape index (κ2) is 5.06. The monoisotopic (exact) mass is 293 g/mol. The first-order valence-electron chi connectivity index (χ1n) is 7.62. The van der Waals surface area contributed by atoms with Gasteiger partial charge >= 0.3 is 0 Å². The molecule has 3 nitrogen and oxygen atoms in total. The van der Waals surface area contributed by atoms with Gasteiger partial charge in [-0.3, -0.25) is 0 Å². The van der Waals surface area contributed by atoms with Crippen molar-refractivity contribution in [2.24, 2.45) is 11.3 Å². The van der Waals surface area contributed by atoms with Crippen molar-refractivity contribution in [3.8, 4) is 0 Å². The fourth-order valence-electron chi connectivity index (χ4n) is 3.03. The van der Waals surface area contributed by atoms with Gasteiger partial charge in [0.05, 0.1) is 10.6 Å². The maximum absolute atomic E-state index is 11.9. The maximum atomic E-state index is 11.9. The first-order chi connectivity index (χ1) is 9.56. The van der Waals surface area contributed by atoms with Gasteiger partial charge < -0.3 is 5.32 Å². The third-order valence-corrected chi connectivity index (χ3v) is 6.60. The molecule has 0 unspecified atom stereocenters. The van der Waals surface area contributed by atoms with Crippen LogP contribution in [0.5, 0.6) is 0 Å². The molecule has 0 aliphatic heterocycles. The van der Waals surface area contributed by atoms with E-state index in [0.29, 0.717) is 16.7 Å². The quantitative estimate of drug-likeness (QED) is 0.837. The largest absolute Gasteiger partial charge is 0.384 e. The minimum Gasteiger partial charge on any atom is -0.384 e. The van der Waals surface area contributed by atoms with E-state index in [-0.39, 0.29) is 5.75 Å². The lowest BCUT2D eigenvalue weighted by Gasteiger charge is -2.16. The Hall–Kier alpha value is -1.03. The first-order valence-corrected chi connectivity index (χ1v) is 9.28. The van der Waals surface area contributed by atoms with Crippen LogP contribution in [0.1, 0.15) is 39.0 Å². The Balaban J connectivity index is 1.61. The Bertz CT molecular complexity index is 569. The second-order valence-electron chi connectivity index (χ2n) is 6.33. The third-order valence-electron chi connectivity index (χ3n) is 4.67. The van der Waals surface area contributed by atoms with Crippen molar-refractivity contribution in [2.45, 2.75) is 43.9 Å². The molecule has 20 heavy (non-hydrogen) atoms. The lowest BCUT2D eigenvalue weighted by molar-refractivity contribution is 0.467. The zero-order valence-corrected chi connectivity index (χ0v) is 12.9. The van der Waals surface area contributed by atoms with Crippen LogP contribution in [-0.2, 0) is 9.84 Å². The van der Waals surface area contributed by atoms with Gasteiger partial charge in [-0.15, -0.1) is 0 Å². The molecule has 1 aromatic carbocycles. The molecule has 0 aromatic heterocycles. The molecule has 0 amide bonds. The molecule has 1 aromatic rings. The highest BCUT2D eigenvalue weighted by Gasteiger charge is 2.53. The standard InChI is InChI=1S/C16H23NO2S/c1-2-11-20(18,19)15-7-5-14(6-8-15)17-12-16(9-10-16)13-3-4-13/h5-8,13,17H,2-4,9-12H2,1H3. The molecule has 0 heterocycles. The Morgan fingerprint density at radius 3 is 2.35 bits per heavy atom. The lowest BCUT2D eigenvalue weighted by atomic mass is 10.0. The van der Waals surface area contributed by atoms with Crippen LogP contribution in [0.15, 0.2) is 29.2 Å². The summed E-state index contributed by atoms with van der Waals surface area (Å²) in [7, 11) is -3.09. The number of hydrogen-bond donors (Lipinski definition) is 1. The molecule has 2 aliphatic rings.